The summed E-state index contributed by atoms with van der Waals surface area (Å²) >= 11 is 5.83. The first-order chi connectivity index (χ1) is 9.73. The van der Waals surface area contributed by atoms with Crippen LogP contribution in [0.1, 0.15) is 20.8 Å². The number of anilines is 1. The second-order valence-corrected chi connectivity index (χ2v) is 6.60. The Morgan fingerprint density at radius 3 is 2.43 bits per heavy atom. The molecule has 1 aliphatic heterocycles. The van der Waals surface area contributed by atoms with Crippen LogP contribution in [0.4, 0.5) is 10.5 Å². The minimum absolute atomic E-state index is 0.293. The Hall–Kier alpha value is -1.93. The van der Waals surface area contributed by atoms with Crippen LogP contribution in [0.3, 0.4) is 0 Å². The SMILES string of the molecule is CC(C)(C)OC(=O)N1CC(C#N)(Nc2ccc(Cl)cc2)C1. The van der Waals surface area contributed by atoms with Gasteiger partial charge in [0.1, 0.15) is 5.60 Å². The van der Waals surface area contributed by atoms with E-state index >= 15 is 0 Å². The first-order valence-electron chi connectivity index (χ1n) is 6.66. The van der Waals surface area contributed by atoms with Gasteiger partial charge in [-0.25, -0.2) is 4.79 Å². The molecule has 21 heavy (non-hydrogen) atoms. The third kappa shape index (κ3) is 3.79. The Kier molecular flexibility index (Phi) is 4.02. The fourth-order valence-corrected chi connectivity index (χ4v) is 2.17. The Balaban J connectivity index is 1.96. The van der Waals surface area contributed by atoms with Crippen LogP contribution < -0.4 is 5.32 Å². The summed E-state index contributed by atoms with van der Waals surface area (Å²) in [5.74, 6) is 0. The highest BCUT2D eigenvalue weighted by Gasteiger charge is 2.47. The second-order valence-electron chi connectivity index (χ2n) is 6.16. The lowest BCUT2D eigenvalue weighted by atomic mass is 9.91. The Bertz CT molecular complexity index is 566. The maximum atomic E-state index is 11.9. The average Bonchev–Trinajstić information content (AvgIpc) is 2.33. The van der Waals surface area contributed by atoms with Crippen molar-refractivity contribution >= 4 is 23.4 Å². The van der Waals surface area contributed by atoms with Gasteiger partial charge in [0.05, 0.1) is 19.2 Å². The number of carbonyl (C=O) groups is 1. The van der Waals surface area contributed by atoms with Gasteiger partial charge in [0.2, 0.25) is 0 Å². The van der Waals surface area contributed by atoms with Gasteiger partial charge in [0.25, 0.3) is 0 Å². The van der Waals surface area contributed by atoms with Crippen molar-refractivity contribution in [2.75, 3.05) is 18.4 Å². The number of halogens is 1. The van der Waals surface area contributed by atoms with Gasteiger partial charge in [-0.1, -0.05) is 11.6 Å². The smallest absolute Gasteiger partial charge is 0.410 e. The molecule has 1 aromatic rings. The predicted molar refractivity (Wildman–Crippen MR) is 81.2 cm³/mol. The van der Waals surface area contributed by atoms with E-state index in [1.54, 1.807) is 24.3 Å². The minimum Gasteiger partial charge on any atom is -0.444 e. The molecule has 0 atom stereocenters. The molecular formula is C15H18ClN3O2. The van der Waals surface area contributed by atoms with Gasteiger partial charge in [-0.15, -0.1) is 0 Å². The molecule has 0 aromatic heterocycles. The maximum Gasteiger partial charge on any atom is 0.410 e. The molecule has 1 heterocycles. The molecule has 1 fully saturated rings. The van der Waals surface area contributed by atoms with Crippen LogP contribution >= 0.6 is 11.6 Å². The zero-order valence-corrected chi connectivity index (χ0v) is 13.1. The summed E-state index contributed by atoms with van der Waals surface area (Å²) < 4.78 is 5.28. The summed E-state index contributed by atoms with van der Waals surface area (Å²) in [4.78, 5) is 13.4. The summed E-state index contributed by atoms with van der Waals surface area (Å²) in [5, 5.41) is 13.1. The third-order valence-electron chi connectivity index (χ3n) is 3.02. The summed E-state index contributed by atoms with van der Waals surface area (Å²) in [7, 11) is 0. The molecular weight excluding hydrogens is 290 g/mol. The predicted octanol–water partition coefficient (Wildman–Crippen LogP) is 3.26. The van der Waals surface area contributed by atoms with Crippen molar-refractivity contribution in [2.45, 2.75) is 31.9 Å². The lowest BCUT2D eigenvalue weighted by molar-refractivity contribution is 0.00356. The molecule has 1 amide bonds. The molecule has 0 saturated carbocycles. The molecule has 1 N–H and O–H groups in total. The molecule has 112 valence electrons. The van der Waals surface area contributed by atoms with Gasteiger partial charge in [-0.3, -0.25) is 0 Å². The van der Waals surface area contributed by atoms with Crippen LogP contribution in [0.25, 0.3) is 0 Å². The Morgan fingerprint density at radius 2 is 1.95 bits per heavy atom. The quantitative estimate of drug-likeness (QED) is 0.910. The van der Waals surface area contributed by atoms with Crippen molar-refractivity contribution in [1.29, 1.82) is 5.26 Å². The minimum atomic E-state index is -0.773. The fourth-order valence-electron chi connectivity index (χ4n) is 2.05. The van der Waals surface area contributed by atoms with Gasteiger partial charge in [-0.2, -0.15) is 5.26 Å². The van der Waals surface area contributed by atoms with E-state index < -0.39 is 17.2 Å². The number of rotatable bonds is 2. The summed E-state index contributed by atoms with van der Waals surface area (Å²) in [6.07, 6.45) is -0.397. The Labute approximate surface area is 129 Å². The van der Waals surface area contributed by atoms with Crippen LogP contribution in [0.5, 0.6) is 0 Å². The lowest BCUT2D eigenvalue weighted by Crippen LogP contribution is -2.67. The highest BCUT2D eigenvalue weighted by Crippen LogP contribution is 2.27. The highest BCUT2D eigenvalue weighted by molar-refractivity contribution is 6.30. The summed E-state index contributed by atoms with van der Waals surface area (Å²) in [6.45, 7) is 6.03. The van der Waals surface area contributed by atoms with E-state index in [-0.39, 0.29) is 0 Å². The number of hydrogen-bond donors (Lipinski definition) is 1. The number of amides is 1. The average molecular weight is 308 g/mol. The number of likely N-dealkylation sites (tertiary alicyclic amines) is 1. The standard InChI is InChI=1S/C15H18ClN3O2/c1-14(2,3)21-13(20)19-9-15(8-17,10-19)18-12-6-4-11(16)5-7-12/h4-7,18H,9-10H2,1-3H3. The van der Waals surface area contributed by atoms with Crippen LogP contribution in [0.2, 0.25) is 5.02 Å². The molecule has 5 nitrogen and oxygen atoms in total. The summed E-state index contributed by atoms with van der Waals surface area (Å²) in [6, 6.07) is 9.34. The van der Waals surface area contributed by atoms with Gasteiger partial charge in [-0.05, 0) is 45.0 Å². The summed E-state index contributed by atoms with van der Waals surface area (Å²) in [5.41, 5.74) is -0.513. The monoisotopic (exact) mass is 307 g/mol. The zero-order chi connectivity index (χ0) is 15.7. The lowest BCUT2D eigenvalue weighted by Gasteiger charge is -2.46. The van der Waals surface area contributed by atoms with E-state index in [4.69, 9.17) is 16.3 Å². The molecule has 0 unspecified atom stereocenters. The molecule has 2 rings (SSSR count). The highest BCUT2D eigenvalue weighted by atomic mass is 35.5. The van der Waals surface area contributed by atoms with E-state index in [1.807, 2.05) is 20.8 Å². The van der Waals surface area contributed by atoms with Crippen molar-refractivity contribution in [3.63, 3.8) is 0 Å². The maximum absolute atomic E-state index is 11.9. The van der Waals surface area contributed by atoms with E-state index in [0.29, 0.717) is 18.1 Å². The number of benzene rings is 1. The second kappa shape index (κ2) is 5.45. The van der Waals surface area contributed by atoms with Gasteiger partial charge in [0.15, 0.2) is 5.54 Å². The number of carbonyl (C=O) groups excluding carboxylic acids is 1. The van der Waals surface area contributed by atoms with E-state index in [2.05, 4.69) is 11.4 Å². The van der Waals surface area contributed by atoms with Crippen molar-refractivity contribution in [3.8, 4) is 6.07 Å². The molecule has 1 aliphatic rings. The number of nitriles is 1. The number of nitrogens with zero attached hydrogens (tertiary/aromatic N) is 2. The first-order valence-corrected chi connectivity index (χ1v) is 7.04. The Morgan fingerprint density at radius 1 is 1.38 bits per heavy atom. The molecule has 0 bridgehead atoms. The largest absolute Gasteiger partial charge is 0.444 e. The van der Waals surface area contributed by atoms with E-state index in [9.17, 15) is 10.1 Å². The van der Waals surface area contributed by atoms with Gasteiger partial charge < -0.3 is 15.0 Å². The van der Waals surface area contributed by atoms with Gasteiger partial charge in [0, 0.05) is 10.7 Å². The number of hydrogen-bond acceptors (Lipinski definition) is 4. The van der Waals surface area contributed by atoms with Crippen molar-refractivity contribution in [2.24, 2.45) is 0 Å². The molecule has 1 aromatic carbocycles. The zero-order valence-electron chi connectivity index (χ0n) is 12.3. The molecule has 0 radical (unpaired) electrons. The van der Waals surface area contributed by atoms with Crippen molar-refractivity contribution < 1.29 is 9.53 Å². The molecule has 1 saturated heterocycles. The molecule has 6 heteroatoms. The van der Waals surface area contributed by atoms with E-state index in [0.717, 1.165) is 5.69 Å². The first kappa shape index (κ1) is 15.5. The third-order valence-corrected chi connectivity index (χ3v) is 3.27. The number of nitrogens with one attached hydrogen (secondary N) is 1. The van der Waals surface area contributed by atoms with Crippen LogP contribution in [-0.4, -0.2) is 35.2 Å². The normalized spacial score (nSPS) is 16.6. The van der Waals surface area contributed by atoms with Crippen molar-refractivity contribution in [3.05, 3.63) is 29.3 Å². The molecule has 0 aliphatic carbocycles. The van der Waals surface area contributed by atoms with Crippen LogP contribution in [-0.2, 0) is 4.74 Å². The molecule has 0 spiro atoms. The van der Waals surface area contributed by atoms with Crippen LogP contribution in [0.15, 0.2) is 24.3 Å². The topological polar surface area (TPSA) is 65.4 Å². The number of ether oxygens (including phenoxy) is 1. The van der Waals surface area contributed by atoms with Crippen LogP contribution in [0, 0.1) is 11.3 Å². The van der Waals surface area contributed by atoms with Crippen molar-refractivity contribution in [1.82, 2.24) is 4.90 Å². The fraction of sp³-hybridized carbons (Fsp3) is 0.467. The van der Waals surface area contributed by atoms with Gasteiger partial charge >= 0.3 is 6.09 Å². The van der Waals surface area contributed by atoms with E-state index in [1.165, 1.54) is 4.90 Å².